The molecule has 3 rings (SSSR count). The third kappa shape index (κ3) is 2.13. The van der Waals surface area contributed by atoms with E-state index in [-0.39, 0.29) is 18.0 Å². The Morgan fingerprint density at radius 3 is 2.50 bits per heavy atom. The van der Waals surface area contributed by atoms with E-state index in [1.807, 2.05) is 6.07 Å². The molecule has 0 saturated heterocycles. The number of aromatic amines is 1. The monoisotopic (exact) mass is 270 g/mol. The van der Waals surface area contributed by atoms with Gasteiger partial charge in [0.15, 0.2) is 0 Å². The molecular weight excluding hydrogens is 258 g/mol. The fraction of sp³-hybridized carbons (Fsp3) is 0.231. The van der Waals surface area contributed by atoms with Crippen LogP contribution in [0.3, 0.4) is 0 Å². The van der Waals surface area contributed by atoms with Crippen molar-refractivity contribution in [1.29, 1.82) is 0 Å². The van der Waals surface area contributed by atoms with Gasteiger partial charge >= 0.3 is 0 Å². The van der Waals surface area contributed by atoms with Gasteiger partial charge in [-0.2, -0.15) is 0 Å². The van der Waals surface area contributed by atoms with Gasteiger partial charge in [-0.15, -0.1) is 12.4 Å². The zero-order chi connectivity index (χ0) is 11.8. The summed E-state index contributed by atoms with van der Waals surface area (Å²) in [5.41, 5.74) is 2.71. The van der Waals surface area contributed by atoms with Gasteiger partial charge in [0.25, 0.3) is 0 Å². The molecule has 1 aromatic carbocycles. The zero-order valence-corrected chi connectivity index (χ0v) is 10.4. The maximum atomic E-state index is 13.6. The van der Waals surface area contributed by atoms with E-state index >= 15 is 0 Å². The number of halogens is 3. The Labute approximate surface area is 110 Å². The molecule has 18 heavy (non-hydrogen) atoms. The van der Waals surface area contributed by atoms with Gasteiger partial charge in [0.2, 0.25) is 0 Å². The van der Waals surface area contributed by atoms with Gasteiger partial charge in [-0.1, -0.05) is 6.07 Å². The van der Waals surface area contributed by atoms with Crippen molar-refractivity contribution in [2.75, 3.05) is 6.54 Å². The number of hydrogen-bond donors (Lipinski definition) is 2. The van der Waals surface area contributed by atoms with Crippen LogP contribution in [0.2, 0.25) is 0 Å². The Morgan fingerprint density at radius 1 is 1.11 bits per heavy atom. The Balaban J connectivity index is 0.00000120. The van der Waals surface area contributed by atoms with Gasteiger partial charge in [0.1, 0.15) is 11.6 Å². The first-order chi connectivity index (χ1) is 8.25. The van der Waals surface area contributed by atoms with Crippen LogP contribution in [0.5, 0.6) is 0 Å². The summed E-state index contributed by atoms with van der Waals surface area (Å²) >= 11 is 0. The molecule has 0 fully saturated rings. The average molecular weight is 271 g/mol. The molecule has 2 N–H and O–H groups in total. The minimum atomic E-state index is -0.531. The summed E-state index contributed by atoms with van der Waals surface area (Å²) in [7, 11) is 0. The fourth-order valence-electron chi connectivity index (χ4n) is 2.25. The standard InChI is InChI=1S/C13H12F2N2.ClH/c14-9-2-1-3-10(15)13(9)12-6-8-7-16-5-4-11(8)17-12;/h1-3,6,16-17H,4-5,7H2;1H. The minimum absolute atomic E-state index is 0. The fourth-order valence-corrected chi connectivity index (χ4v) is 2.25. The highest BCUT2D eigenvalue weighted by molar-refractivity contribution is 5.85. The molecule has 2 aromatic rings. The molecule has 0 spiro atoms. The Kier molecular flexibility index (Phi) is 3.68. The predicted octanol–water partition coefficient (Wildman–Crippen LogP) is 3.03. The summed E-state index contributed by atoms with van der Waals surface area (Å²) in [6, 6.07) is 5.74. The van der Waals surface area contributed by atoms with Crippen molar-refractivity contribution in [2.45, 2.75) is 13.0 Å². The van der Waals surface area contributed by atoms with Crippen molar-refractivity contribution < 1.29 is 8.78 Å². The second kappa shape index (κ2) is 5.08. The molecule has 1 aliphatic heterocycles. The highest BCUT2D eigenvalue weighted by Gasteiger charge is 2.17. The third-order valence-electron chi connectivity index (χ3n) is 3.09. The van der Waals surface area contributed by atoms with Gasteiger partial charge in [0.05, 0.1) is 11.3 Å². The lowest BCUT2D eigenvalue weighted by molar-refractivity contribution is 0.588. The van der Waals surface area contributed by atoms with Crippen molar-refractivity contribution in [1.82, 2.24) is 10.3 Å². The van der Waals surface area contributed by atoms with E-state index < -0.39 is 11.6 Å². The molecule has 0 unspecified atom stereocenters. The summed E-state index contributed by atoms with van der Waals surface area (Å²) in [5, 5.41) is 3.23. The largest absolute Gasteiger partial charge is 0.358 e. The Hall–Kier alpha value is -1.39. The van der Waals surface area contributed by atoms with Crippen LogP contribution >= 0.6 is 12.4 Å². The van der Waals surface area contributed by atoms with E-state index in [9.17, 15) is 8.78 Å². The van der Waals surface area contributed by atoms with Crippen LogP contribution < -0.4 is 5.32 Å². The van der Waals surface area contributed by atoms with Crippen molar-refractivity contribution in [2.24, 2.45) is 0 Å². The van der Waals surface area contributed by atoms with Crippen LogP contribution in [-0.2, 0) is 13.0 Å². The highest BCUT2D eigenvalue weighted by atomic mass is 35.5. The van der Waals surface area contributed by atoms with Gasteiger partial charge < -0.3 is 10.3 Å². The third-order valence-corrected chi connectivity index (χ3v) is 3.09. The molecule has 0 atom stereocenters. The Bertz CT molecular complexity index is 522. The average Bonchev–Trinajstić information content (AvgIpc) is 2.71. The lowest BCUT2D eigenvalue weighted by Gasteiger charge is -2.11. The lowest BCUT2D eigenvalue weighted by atomic mass is 10.1. The minimum Gasteiger partial charge on any atom is -0.358 e. The molecule has 0 amide bonds. The number of hydrogen-bond acceptors (Lipinski definition) is 1. The summed E-state index contributed by atoms with van der Waals surface area (Å²) in [6.07, 6.45) is 0.866. The summed E-state index contributed by atoms with van der Waals surface area (Å²) in [5.74, 6) is -1.06. The number of nitrogens with one attached hydrogen (secondary N) is 2. The van der Waals surface area contributed by atoms with Crippen LogP contribution in [0.25, 0.3) is 11.3 Å². The predicted molar refractivity (Wildman–Crippen MR) is 68.8 cm³/mol. The summed E-state index contributed by atoms with van der Waals surface area (Å²) in [6.45, 7) is 1.65. The molecular formula is C13H13ClF2N2. The number of fused-ring (bicyclic) bond motifs is 1. The van der Waals surface area contributed by atoms with E-state index in [4.69, 9.17) is 0 Å². The second-order valence-electron chi connectivity index (χ2n) is 4.21. The first-order valence-corrected chi connectivity index (χ1v) is 5.61. The van der Waals surface area contributed by atoms with E-state index in [0.717, 1.165) is 30.8 Å². The summed E-state index contributed by atoms with van der Waals surface area (Å²) < 4.78 is 27.3. The van der Waals surface area contributed by atoms with Crippen LogP contribution in [-0.4, -0.2) is 11.5 Å². The van der Waals surface area contributed by atoms with Gasteiger partial charge in [0, 0.05) is 25.2 Å². The number of benzene rings is 1. The van der Waals surface area contributed by atoms with Gasteiger partial charge in [-0.3, -0.25) is 0 Å². The van der Waals surface area contributed by atoms with Crippen LogP contribution in [0.1, 0.15) is 11.3 Å². The second-order valence-corrected chi connectivity index (χ2v) is 4.21. The van der Waals surface area contributed by atoms with Crippen molar-refractivity contribution in [3.05, 3.63) is 47.2 Å². The Morgan fingerprint density at radius 2 is 1.83 bits per heavy atom. The topological polar surface area (TPSA) is 27.8 Å². The van der Waals surface area contributed by atoms with E-state index in [0.29, 0.717) is 5.69 Å². The van der Waals surface area contributed by atoms with Crippen LogP contribution in [0, 0.1) is 11.6 Å². The molecule has 96 valence electrons. The number of H-pyrrole nitrogens is 1. The van der Waals surface area contributed by atoms with Crippen molar-refractivity contribution in [3.8, 4) is 11.3 Å². The van der Waals surface area contributed by atoms with Gasteiger partial charge in [-0.05, 0) is 23.8 Å². The molecule has 1 aromatic heterocycles. The van der Waals surface area contributed by atoms with Gasteiger partial charge in [-0.25, -0.2) is 8.78 Å². The maximum absolute atomic E-state index is 13.6. The number of rotatable bonds is 1. The number of aromatic nitrogens is 1. The smallest absolute Gasteiger partial charge is 0.135 e. The van der Waals surface area contributed by atoms with E-state index in [1.165, 1.54) is 18.2 Å². The SMILES string of the molecule is Cl.Fc1cccc(F)c1-c1cc2c([nH]1)CCNC2. The van der Waals surface area contributed by atoms with Crippen molar-refractivity contribution in [3.63, 3.8) is 0 Å². The molecule has 0 bridgehead atoms. The summed E-state index contributed by atoms with van der Waals surface area (Å²) in [4.78, 5) is 3.11. The molecule has 2 nitrogen and oxygen atoms in total. The van der Waals surface area contributed by atoms with E-state index in [1.54, 1.807) is 0 Å². The molecule has 0 saturated carbocycles. The van der Waals surface area contributed by atoms with Crippen molar-refractivity contribution >= 4 is 12.4 Å². The highest BCUT2D eigenvalue weighted by Crippen LogP contribution is 2.28. The molecule has 2 heterocycles. The molecule has 1 aliphatic rings. The maximum Gasteiger partial charge on any atom is 0.135 e. The van der Waals surface area contributed by atoms with Crippen LogP contribution in [0.15, 0.2) is 24.3 Å². The quantitative estimate of drug-likeness (QED) is 0.819. The van der Waals surface area contributed by atoms with Crippen LogP contribution in [0.4, 0.5) is 8.78 Å². The first-order valence-electron chi connectivity index (χ1n) is 5.61. The van der Waals surface area contributed by atoms with E-state index in [2.05, 4.69) is 10.3 Å². The normalized spacial score (nSPS) is 13.9. The molecule has 0 aliphatic carbocycles. The molecule has 5 heteroatoms. The lowest BCUT2D eigenvalue weighted by Crippen LogP contribution is -2.22. The first kappa shape index (κ1) is 13.1. The zero-order valence-electron chi connectivity index (χ0n) is 9.59. The molecule has 0 radical (unpaired) electrons.